The second kappa shape index (κ2) is 6.43. The van der Waals surface area contributed by atoms with Gasteiger partial charge >= 0.3 is 0 Å². The number of hydrogen-bond donors (Lipinski definition) is 2. The number of aryl methyl sites for hydroxylation is 1. The third kappa shape index (κ3) is 3.11. The minimum absolute atomic E-state index is 0.183. The Balaban J connectivity index is 2.09. The van der Waals surface area contributed by atoms with E-state index in [1.54, 1.807) is 36.6 Å². The van der Waals surface area contributed by atoms with Gasteiger partial charge in [-0.15, -0.1) is 11.3 Å². The lowest BCUT2D eigenvalue weighted by molar-refractivity contribution is 0.0952. The fraction of sp³-hybridized carbons (Fsp3) is 0.267. The zero-order valence-electron chi connectivity index (χ0n) is 11.6. The Morgan fingerprint density at radius 1 is 1.40 bits per heavy atom. The van der Waals surface area contributed by atoms with Gasteiger partial charge in [0.2, 0.25) is 0 Å². The highest BCUT2D eigenvalue weighted by atomic mass is 32.1. The molecule has 0 saturated heterocycles. The number of nitrogen functional groups attached to an aromatic ring is 1. The molecule has 1 aromatic heterocycles. The van der Waals surface area contributed by atoms with Gasteiger partial charge in [-0.05, 0) is 41.6 Å². The lowest BCUT2D eigenvalue weighted by Crippen LogP contribution is -2.23. The van der Waals surface area contributed by atoms with Crippen LogP contribution >= 0.6 is 11.3 Å². The quantitative estimate of drug-likeness (QED) is 0.832. The monoisotopic (exact) mass is 290 g/mol. The Hall–Kier alpha value is -2.01. The van der Waals surface area contributed by atoms with E-state index in [0.717, 1.165) is 6.42 Å². The molecule has 1 amide bonds. The fourth-order valence-corrected chi connectivity index (χ4v) is 2.87. The number of amides is 1. The average molecular weight is 290 g/mol. The molecule has 0 radical (unpaired) electrons. The van der Waals surface area contributed by atoms with Crippen LogP contribution in [0.1, 0.15) is 27.7 Å². The van der Waals surface area contributed by atoms with Crippen molar-refractivity contribution in [1.82, 2.24) is 5.32 Å². The molecule has 4 nitrogen and oxygen atoms in total. The molecule has 0 atom stereocenters. The molecule has 2 rings (SSSR count). The van der Waals surface area contributed by atoms with E-state index in [-0.39, 0.29) is 5.91 Å². The number of hydrogen-bond acceptors (Lipinski definition) is 4. The van der Waals surface area contributed by atoms with Crippen molar-refractivity contribution in [2.75, 3.05) is 12.8 Å². The van der Waals surface area contributed by atoms with Crippen molar-refractivity contribution < 1.29 is 9.53 Å². The normalized spacial score (nSPS) is 10.3. The van der Waals surface area contributed by atoms with E-state index in [9.17, 15) is 4.79 Å². The topological polar surface area (TPSA) is 64.3 Å². The van der Waals surface area contributed by atoms with Crippen LogP contribution in [-0.2, 0) is 13.0 Å². The minimum atomic E-state index is -0.183. The number of thiophene rings is 1. The molecule has 0 bridgehead atoms. The molecular weight excluding hydrogens is 272 g/mol. The second-order valence-electron chi connectivity index (χ2n) is 4.36. The predicted molar refractivity (Wildman–Crippen MR) is 82.3 cm³/mol. The molecule has 1 aromatic carbocycles. The van der Waals surface area contributed by atoms with Gasteiger partial charge in [0.1, 0.15) is 5.75 Å². The molecule has 2 aromatic rings. The summed E-state index contributed by atoms with van der Waals surface area (Å²) >= 11 is 1.65. The summed E-state index contributed by atoms with van der Waals surface area (Å²) in [6.07, 6.45) is 0.968. The van der Waals surface area contributed by atoms with Crippen LogP contribution in [0.15, 0.2) is 29.6 Å². The Morgan fingerprint density at radius 3 is 2.90 bits per heavy atom. The van der Waals surface area contributed by atoms with Gasteiger partial charge in [0.15, 0.2) is 0 Å². The number of carbonyl (C=O) groups is 1. The molecule has 0 saturated carbocycles. The van der Waals surface area contributed by atoms with Crippen LogP contribution in [0.4, 0.5) is 5.69 Å². The predicted octanol–water partition coefficient (Wildman–Crippen LogP) is 2.83. The van der Waals surface area contributed by atoms with Gasteiger partial charge in [0.25, 0.3) is 5.91 Å². The van der Waals surface area contributed by atoms with Crippen molar-refractivity contribution >= 4 is 22.9 Å². The highest BCUT2D eigenvalue weighted by Gasteiger charge is 2.12. The van der Waals surface area contributed by atoms with Gasteiger partial charge in [-0.25, -0.2) is 0 Å². The minimum Gasteiger partial charge on any atom is -0.497 e. The maximum absolute atomic E-state index is 12.2. The Kier molecular flexibility index (Phi) is 4.63. The highest BCUT2D eigenvalue weighted by Crippen LogP contribution is 2.20. The maximum atomic E-state index is 12.2. The van der Waals surface area contributed by atoms with E-state index in [1.807, 2.05) is 5.38 Å². The van der Waals surface area contributed by atoms with Crippen LogP contribution in [0.25, 0.3) is 0 Å². The molecule has 0 spiro atoms. The lowest BCUT2D eigenvalue weighted by atomic mass is 10.1. The smallest absolute Gasteiger partial charge is 0.253 e. The van der Waals surface area contributed by atoms with Crippen molar-refractivity contribution in [1.29, 1.82) is 0 Å². The summed E-state index contributed by atoms with van der Waals surface area (Å²) in [7, 11) is 1.56. The number of carbonyl (C=O) groups excluding carboxylic acids is 1. The summed E-state index contributed by atoms with van der Waals surface area (Å²) in [6.45, 7) is 2.63. The van der Waals surface area contributed by atoms with Crippen LogP contribution in [0.2, 0.25) is 0 Å². The van der Waals surface area contributed by atoms with Gasteiger partial charge in [0.05, 0.1) is 19.2 Å². The van der Waals surface area contributed by atoms with Crippen LogP contribution in [0.5, 0.6) is 5.75 Å². The van der Waals surface area contributed by atoms with Gasteiger partial charge in [-0.3, -0.25) is 4.79 Å². The number of nitrogens with two attached hydrogens (primary N) is 1. The first kappa shape index (κ1) is 14.4. The maximum Gasteiger partial charge on any atom is 0.253 e. The van der Waals surface area contributed by atoms with Crippen LogP contribution in [0.3, 0.4) is 0 Å². The molecule has 106 valence electrons. The first-order valence-electron chi connectivity index (χ1n) is 6.42. The molecule has 0 unspecified atom stereocenters. The van der Waals surface area contributed by atoms with E-state index < -0.39 is 0 Å². The van der Waals surface area contributed by atoms with E-state index in [0.29, 0.717) is 23.5 Å². The van der Waals surface area contributed by atoms with E-state index in [4.69, 9.17) is 10.5 Å². The lowest BCUT2D eigenvalue weighted by Gasteiger charge is -2.09. The molecule has 0 aliphatic rings. The zero-order valence-corrected chi connectivity index (χ0v) is 12.4. The summed E-state index contributed by atoms with van der Waals surface area (Å²) in [5.41, 5.74) is 8.00. The fourth-order valence-electron chi connectivity index (χ4n) is 1.95. The number of anilines is 1. The number of methoxy groups -OCH3 is 1. The van der Waals surface area contributed by atoms with Crippen molar-refractivity contribution in [3.63, 3.8) is 0 Å². The van der Waals surface area contributed by atoms with Crippen molar-refractivity contribution in [2.45, 2.75) is 19.9 Å². The molecule has 0 aliphatic heterocycles. The Bertz CT molecular complexity index is 608. The Labute approximate surface area is 122 Å². The largest absolute Gasteiger partial charge is 0.497 e. The second-order valence-corrected chi connectivity index (χ2v) is 5.36. The van der Waals surface area contributed by atoms with Crippen molar-refractivity contribution in [2.24, 2.45) is 0 Å². The zero-order chi connectivity index (χ0) is 14.5. The van der Waals surface area contributed by atoms with Gasteiger partial charge < -0.3 is 15.8 Å². The average Bonchev–Trinajstić information content (AvgIpc) is 2.92. The van der Waals surface area contributed by atoms with Crippen molar-refractivity contribution in [3.8, 4) is 5.75 Å². The molecular formula is C15H18N2O2S. The van der Waals surface area contributed by atoms with E-state index in [2.05, 4.69) is 18.3 Å². The SMILES string of the molecule is CCc1ccsc1CNC(=O)c1cc(OC)ccc1N. The third-order valence-corrected chi connectivity index (χ3v) is 4.10. The Morgan fingerprint density at radius 2 is 2.20 bits per heavy atom. The molecule has 1 heterocycles. The summed E-state index contributed by atoms with van der Waals surface area (Å²) < 4.78 is 5.11. The van der Waals surface area contributed by atoms with Gasteiger partial charge in [-0.1, -0.05) is 6.92 Å². The number of nitrogens with one attached hydrogen (secondary N) is 1. The summed E-state index contributed by atoms with van der Waals surface area (Å²) in [5.74, 6) is 0.437. The van der Waals surface area contributed by atoms with E-state index in [1.165, 1.54) is 10.4 Å². The first-order chi connectivity index (χ1) is 9.65. The standard InChI is InChI=1S/C15H18N2O2S/c1-3-10-6-7-20-14(10)9-17-15(18)12-8-11(19-2)4-5-13(12)16/h4-8H,3,9,16H2,1-2H3,(H,17,18). The highest BCUT2D eigenvalue weighted by molar-refractivity contribution is 7.10. The number of benzene rings is 1. The molecule has 5 heteroatoms. The molecule has 0 aliphatic carbocycles. The summed E-state index contributed by atoms with van der Waals surface area (Å²) in [4.78, 5) is 13.4. The number of rotatable bonds is 5. The van der Waals surface area contributed by atoms with Gasteiger partial charge in [-0.2, -0.15) is 0 Å². The molecule has 3 N–H and O–H groups in total. The number of ether oxygens (including phenoxy) is 1. The van der Waals surface area contributed by atoms with Crippen molar-refractivity contribution in [3.05, 3.63) is 45.6 Å². The first-order valence-corrected chi connectivity index (χ1v) is 7.30. The van der Waals surface area contributed by atoms with Crippen LogP contribution in [0, 0.1) is 0 Å². The third-order valence-electron chi connectivity index (χ3n) is 3.13. The van der Waals surface area contributed by atoms with Crippen LogP contribution in [-0.4, -0.2) is 13.0 Å². The summed E-state index contributed by atoms with van der Waals surface area (Å²) in [5, 5.41) is 4.95. The molecule has 0 fully saturated rings. The van der Waals surface area contributed by atoms with E-state index >= 15 is 0 Å². The molecule has 20 heavy (non-hydrogen) atoms. The van der Waals surface area contributed by atoms with Crippen LogP contribution < -0.4 is 15.8 Å². The summed E-state index contributed by atoms with van der Waals surface area (Å²) in [6, 6.07) is 7.16. The van der Waals surface area contributed by atoms with Gasteiger partial charge in [0, 0.05) is 10.6 Å².